The third kappa shape index (κ3) is 3.61. The van der Waals surface area contributed by atoms with Gasteiger partial charge in [0.05, 0.1) is 17.1 Å². The van der Waals surface area contributed by atoms with Crippen LogP contribution in [-0.2, 0) is 5.60 Å². The second-order valence-corrected chi connectivity index (χ2v) is 10.4. The molecule has 184 valence electrons. The van der Waals surface area contributed by atoms with E-state index in [-0.39, 0.29) is 17.7 Å². The van der Waals surface area contributed by atoms with Crippen LogP contribution in [0.2, 0.25) is 0 Å². The molecule has 2 aromatic heterocycles. The van der Waals surface area contributed by atoms with Crippen molar-refractivity contribution < 1.29 is 14.2 Å². The second kappa shape index (κ2) is 7.95. The number of nitrogens with zero attached hydrogens (tertiary/aromatic N) is 4. The SMILES string of the molecule is CC(C)(O)c1ncc(-c2cc3c(cc2F)nc2n3[C@H](c3ccccc3Oc3ccccc3)[C@H]3C[C@@H]23)cn1. The largest absolute Gasteiger partial charge is 0.457 e. The van der Waals surface area contributed by atoms with Crippen LogP contribution < -0.4 is 4.74 Å². The fraction of sp³-hybridized carbons (Fsp3) is 0.233. The molecule has 1 N–H and O–H groups in total. The highest BCUT2D eigenvalue weighted by Gasteiger charge is 2.55. The topological polar surface area (TPSA) is 73.1 Å². The van der Waals surface area contributed by atoms with Gasteiger partial charge in [-0.2, -0.15) is 0 Å². The summed E-state index contributed by atoms with van der Waals surface area (Å²) in [7, 11) is 0. The predicted molar refractivity (Wildman–Crippen MR) is 138 cm³/mol. The zero-order chi connectivity index (χ0) is 25.3. The molecule has 5 aromatic rings. The first kappa shape index (κ1) is 22.1. The molecule has 1 saturated carbocycles. The molecule has 0 radical (unpaired) electrons. The van der Waals surface area contributed by atoms with Crippen LogP contribution in [0.5, 0.6) is 11.5 Å². The molecule has 3 aromatic carbocycles. The van der Waals surface area contributed by atoms with Crippen molar-refractivity contribution >= 4 is 11.0 Å². The Hall–Kier alpha value is -4.10. The van der Waals surface area contributed by atoms with Gasteiger partial charge in [0, 0.05) is 41.1 Å². The Morgan fingerprint density at radius 1 is 1.00 bits per heavy atom. The summed E-state index contributed by atoms with van der Waals surface area (Å²) >= 11 is 0. The minimum atomic E-state index is -1.17. The lowest BCUT2D eigenvalue weighted by molar-refractivity contribution is 0.0687. The third-order valence-electron chi connectivity index (χ3n) is 7.38. The maximum absolute atomic E-state index is 15.3. The van der Waals surface area contributed by atoms with E-state index in [2.05, 4.69) is 20.6 Å². The van der Waals surface area contributed by atoms with Gasteiger partial charge in [-0.1, -0.05) is 36.4 Å². The maximum Gasteiger partial charge on any atom is 0.159 e. The number of aliphatic hydroxyl groups is 1. The fourth-order valence-corrected chi connectivity index (χ4v) is 5.55. The molecule has 3 atom stereocenters. The first-order valence-electron chi connectivity index (χ1n) is 12.5. The minimum Gasteiger partial charge on any atom is -0.457 e. The van der Waals surface area contributed by atoms with E-state index in [4.69, 9.17) is 9.72 Å². The van der Waals surface area contributed by atoms with Gasteiger partial charge in [-0.15, -0.1) is 0 Å². The smallest absolute Gasteiger partial charge is 0.159 e. The Morgan fingerprint density at radius 3 is 2.49 bits per heavy atom. The molecule has 37 heavy (non-hydrogen) atoms. The molecule has 0 spiro atoms. The Bertz CT molecular complexity index is 1640. The number of imidazole rings is 1. The average Bonchev–Trinajstić information content (AvgIpc) is 3.50. The van der Waals surface area contributed by atoms with Crippen molar-refractivity contribution in [2.75, 3.05) is 0 Å². The van der Waals surface area contributed by atoms with Crippen LogP contribution >= 0.6 is 0 Å². The number of rotatable bonds is 5. The first-order chi connectivity index (χ1) is 17.9. The summed E-state index contributed by atoms with van der Waals surface area (Å²) in [6, 6.07) is 21.3. The molecular weight excluding hydrogens is 467 g/mol. The summed E-state index contributed by atoms with van der Waals surface area (Å²) in [6.45, 7) is 3.24. The standard InChI is InChI=1S/C30H25FN4O2/c1-30(2,36)29-32-15-17(16-33-29)20-13-25-24(14-23(20)31)34-28-22-12-21(22)27(35(25)28)19-10-6-7-11-26(19)37-18-8-4-3-5-9-18/h3-11,13-16,21-22,27,36H,12H2,1-2H3/t21-,22+,27+/m0/s1. The van der Waals surface area contributed by atoms with Crippen LogP contribution in [0.15, 0.2) is 79.1 Å². The van der Waals surface area contributed by atoms with Crippen LogP contribution in [0, 0.1) is 11.7 Å². The summed E-state index contributed by atoms with van der Waals surface area (Å²) < 4.78 is 23.8. The molecule has 7 rings (SSSR count). The highest BCUT2D eigenvalue weighted by atomic mass is 19.1. The predicted octanol–water partition coefficient (Wildman–Crippen LogP) is 6.36. The molecule has 7 heteroatoms. The van der Waals surface area contributed by atoms with Crippen molar-refractivity contribution in [1.82, 2.24) is 19.5 Å². The van der Waals surface area contributed by atoms with Gasteiger partial charge < -0.3 is 14.4 Å². The van der Waals surface area contributed by atoms with Gasteiger partial charge in [0.1, 0.15) is 28.7 Å². The summed E-state index contributed by atoms with van der Waals surface area (Å²) in [6.07, 6.45) is 4.18. The fourth-order valence-electron chi connectivity index (χ4n) is 5.55. The van der Waals surface area contributed by atoms with Crippen molar-refractivity contribution in [3.05, 3.63) is 102 Å². The number of aromatic nitrogens is 4. The van der Waals surface area contributed by atoms with E-state index in [1.807, 2.05) is 54.6 Å². The van der Waals surface area contributed by atoms with E-state index in [0.717, 1.165) is 34.8 Å². The van der Waals surface area contributed by atoms with Gasteiger partial charge in [-0.05, 0) is 50.5 Å². The number of hydrogen-bond acceptors (Lipinski definition) is 5. The Labute approximate surface area is 213 Å². The lowest BCUT2D eigenvalue weighted by atomic mass is 10.0. The quantitative estimate of drug-likeness (QED) is 0.309. The van der Waals surface area contributed by atoms with Crippen molar-refractivity contribution in [3.8, 4) is 22.6 Å². The van der Waals surface area contributed by atoms with Crippen molar-refractivity contribution in [2.24, 2.45) is 5.92 Å². The Balaban J connectivity index is 1.34. The van der Waals surface area contributed by atoms with E-state index in [1.165, 1.54) is 6.07 Å². The highest BCUT2D eigenvalue weighted by Crippen LogP contribution is 2.63. The van der Waals surface area contributed by atoms with Crippen LogP contribution in [0.4, 0.5) is 4.39 Å². The summed E-state index contributed by atoms with van der Waals surface area (Å²) in [5.74, 6) is 3.33. The lowest BCUT2D eigenvalue weighted by Crippen LogP contribution is -2.19. The highest BCUT2D eigenvalue weighted by molar-refractivity contribution is 5.84. The number of para-hydroxylation sites is 2. The zero-order valence-electron chi connectivity index (χ0n) is 20.5. The molecule has 3 heterocycles. The van der Waals surface area contributed by atoms with Crippen LogP contribution in [0.1, 0.15) is 49.4 Å². The van der Waals surface area contributed by atoms with E-state index < -0.39 is 5.60 Å². The maximum atomic E-state index is 15.3. The zero-order valence-corrected chi connectivity index (χ0v) is 20.5. The second-order valence-electron chi connectivity index (χ2n) is 10.4. The van der Waals surface area contributed by atoms with Crippen LogP contribution in [-0.4, -0.2) is 24.6 Å². The molecule has 0 bridgehead atoms. The molecule has 1 aliphatic carbocycles. The number of ether oxygens (including phenoxy) is 1. The van der Waals surface area contributed by atoms with Gasteiger partial charge in [0.25, 0.3) is 0 Å². The van der Waals surface area contributed by atoms with Gasteiger partial charge in [0.15, 0.2) is 5.82 Å². The average molecular weight is 493 g/mol. The Morgan fingerprint density at radius 2 is 1.73 bits per heavy atom. The summed E-state index contributed by atoms with van der Waals surface area (Å²) in [5.41, 5.74) is 2.41. The van der Waals surface area contributed by atoms with Crippen LogP contribution in [0.3, 0.4) is 0 Å². The molecular formula is C30H25FN4O2. The molecule has 0 saturated heterocycles. The van der Waals surface area contributed by atoms with E-state index >= 15 is 4.39 Å². The van der Waals surface area contributed by atoms with Gasteiger partial charge in [0.2, 0.25) is 0 Å². The van der Waals surface area contributed by atoms with E-state index in [0.29, 0.717) is 28.5 Å². The van der Waals surface area contributed by atoms with Gasteiger partial charge >= 0.3 is 0 Å². The van der Waals surface area contributed by atoms with Gasteiger partial charge in [-0.3, -0.25) is 0 Å². The molecule has 2 aliphatic rings. The van der Waals surface area contributed by atoms with E-state index in [9.17, 15) is 5.11 Å². The van der Waals surface area contributed by atoms with Crippen molar-refractivity contribution in [2.45, 2.75) is 37.8 Å². The Kier molecular flexibility index (Phi) is 4.75. The summed E-state index contributed by atoms with van der Waals surface area (Å²) in [5, 5.41) is 10.2. The molecule has 1 aliphatic heterocycles. The van der Waals surface area contributed by atoms with Gasteiger partial charge in [-0.25, -0.2) is 19.3 Å². The van der Waals surface area contributed by atoms with Crippen molar-refractivity contribution in [1.29, 1.82) is 0 Å². The number of fused-ring (bicyclic) bond motifs is 5. The number of benzene rings is 3. The number of hydrogen-bond donors (Lipinski definition) is 1. The summed E-state index contributed by atoms with van der Waals surface area (Å²) in [4.78, 5) is 13.4. The molecule has 0 amide bonds. The normalized spacial score (nSPS) is 20.1. The van der Waals surface area contributed by atoms with Crippen LogP contribution in [0.25, 0.3) is 22.2 Å². The minimum absolute atomic E-state index is 0.0528. The molecule has 1 fully saturated rings. The molecule has 6 nitrogen and oxygen atoms in total. The number of halogens is 1. The lowest BCUT2D eigenvalue weighted by Gasteiger charge is -2.21. The van der Waals surface area contributed by atoms with E-state index in [1.54, 1.807) is 26.2 Å². The molecule has 0 unspecified atom stereocenters. The van der Waals surface area contributed by atoms with Crippen molar-refractivity contribution in [3.63, 3.8) is 0 Å². The third-order valence-corrected chi connectivity index (χ3v) is 7.38. The first-order valence-corrected chi connectivity index (χ1v) is 12.5. The monoisotopic (exact) mass is 492 g/mol.